The number of ether oxygens (including phenoxy) is 2. The van der Waals surface area contributed by atoms with Gasteiger partial charge in [0.15, 0.2) is 5.70 Å². The Morgan fingerprint density at radius 2 is 1.85 bits per heavy atom. The number of aliphatic imine (C=N–C) groups is 1. The highest BCUT2D eigenvalue weighted by Gasteiger charge is 2.23. The highest BCUT2D eigenvalue weighted by atomic mass is 16.6. The Bertz CT molecular complexity index is 833. The summed E-state index contributed by atoms with van der Waals surface area (Å²) in [7, 11) is 0. The number of unbranched alkanes of at least 4 members (excludes halogenated alkanes) is 1. The molecule has 0 atom stereocenters. The van der Waals surface area contributed by atoms with Gasteiger partial charge in [0.25, 0.3) is 0 Å². The van der Waals surface area contributed by atoms with E-state index in [2.05, 4.69) is 11.9 Å². The second kappa shape index (κ2) is 8.81. The SMILES string of the molecule is CCCCOc1ccc(C2=NC(=CC=Cc3ccccc3)C(=O)O2)cc1. The van der Waals surface area contributed by atoms with E-state index in [9.17, 15) is 4.79 Å². The summed E-state index contributed by atoms with van der Waals surface area (Å²) in [6.07, 6.45) is 7.49. The molecule has 1 aliphatic heterocycles. The van der Waals surface area contributed by atoms with Gasteiger partial charge in [-0.3, -0.25) is 0 Å². The summed E-state index contributed by atoms with van der Waals surface area (Å²) in [4.78, 5) is 16.3. The van der Waals surface area contributed by atoms with Crippen LogP contribution in [0.2, 0.25) is 0 Å². The lowest BCUT2D eigenvalue weighted by Crippen LogP contribution is -2.05. The second-order valence-electron chi connectivity index (χ2n) is 5.85. The summed E-state index contributed by atoms with van der Waals surface area (Å²) < 4.78 is 10.9. The Labute approximate surface area is 153 Å². The molecular weight excluding hydrogens is 326 g/mol. The molecular formula is C22H21NO3. The van der Waals surface area contributed by atoms with Gasteiger partial charge in [-0.15, -0.1) is 0 Å². The zero-order valence-corrected chi connectivity index (χ0v) is 14.7. The molecule has 0 spiro atoms. The summed E-state index contributed by atoms with van der Waals surface area (Å²) in [5, 5.41) is 0. The zero-order chi connectivity index (χ0) is 18.2. The number of cyclic esters (lactones) is 1. The predicted octanol–water partition coefficient (Wildman–Crippen LogP) is 4.77. The highest BCUT2D eigenvalue weighted by molar-refractivity contribution is 6.11. The molecule has 0 saturated heterocycles. The Balaban J connectivity index is 1.67. The molecule has 1 heterocycles. The average molecular weight is 347 g/mol. The number of hydrogen-bond donors (Lipinski definition) is 0. The first kappa shape index (κ1) is 17.7. The van der Waals surface area contributed by atoms with Gasteiger partial charge in [-0.2, -0.15) is 0 Å². The molecule has 4 nitrogen and oxygen atoms in total. The van der Waals surface area contributed by atoms with Crippen LogP contribution in [0.4, 0.5) is 0 Å². The van der Waals surface area contributed by atoms with Gasteiger partial charge in [0, 0.05) is 5.56 Å². The van der Waals surface area contributed by atoms with Crippen LogP contribution >= 0.6 is 0 Å². The molecule has 0 bridgehead atoms. The molecule has 0 unspecified atom stereocenters. The number of rotatable bonds is 7. The Morgan fingerprint density at radius 1 is 1.08 bits per heavy atom. The third kappa shape index (κ3) is 4.70. The minimum absolute atomic E-state index is 0.287. The molecule has 0 fully saturated rings. The standard InChI is InChI=1S/C22H21NO3/c1-2-3-16-25-19-14-12-18(13-15-19)21-23-20(22(24)26-21)11-7-10-17-8-5-4-6-9-17/h4-15H,2-3,16H2,1H3. The minimum Gasteiger partial charge on any atom is -0.494 e. The summed E-state index contributed by atoms with van der Waals surface area (Å²) in [5.74, 6) is 0.670. The van der Waals surface area contributed by atoms with E-state index < -0.39 is 5.97 Å². The molecule has 0 amide bonds. The van der Waals surface area contributed by atoms with E-state index in [0.29, 0.717) is 12.5 Å². The van der Waals surface area contributed by atoms with Crippen molar-refractivity contribution in [3.8, 4) is 5.75 Å². The van der Waals surface area contributed by atoms with E-state index in [0.717, 1.165) is 29.7 Å². The molecule has 1 aliphatic rings. The van der Waals surface area contributed by atoms with Crippen LogP contribution in [-0.2, 0) is 9.53 Å². The Hall–Kier alpha value is -3.14. The molecule has 0 radical (unpaired) electrons. The van der Waals surface area contributed by atoms with Gasteiger partial charge >= 0.3 is 5.97 Å². The first-order valence-electron chi connectivity index (χ1n) is 8.74. The van der Waals surface area contributed by atoms with Gasteiger partial charge in [-0.25, -0.2) is 9.79 Å². The normalized spacial score (nSPS) is 15.3. The molecule has 132 valence electrons. The van der Waals surface area contributed by atoms with Crippen molar-refractivity contribution in [1.29, 1.82) is 0 Å². The van der Waals surface area contributed by atoms with E-state index in [1.807, 2.05) is 60.7 Å². The second-order valence-corrected chi connectivity index (χ2v) is 5.85. The molecule has 0 aromatic heterocycles. The summed E-state index contributed by atoms with van der Waals surface area (Å²) in [6, 6.07) is 17.3. The van der Waals surface area contributed by atoms with Crippen molar-refractivity contribution in [1.82, 2.24) is 0 Å². The van der Waals surface area contributed by atoms with E-state index in [-0.39, 0.29) is 5.70 Å². The number of carbonyl (C=O) groups is 1. The van der Waals surface area contributed by atoms with Crippen molar-refractivity contribution < 1.29 is 14.3 Å². The van der Waals surface area contributed by atoms with Crippen LogP contribution in [0.25, 0.3) is 6.08 Å². The first-order chi connectivity index (χ1) is 12.8. The number of benzene rings is 2. The third-order valence-electron chi connectivity index (χ3n) is 3.83. The first-order valence-corrected chi connectivity index (χ1v) is 8.74. The van der Waals surface area contributed by atoms with Gasteiger partial charge in [0.2, 0.25) is 5.90 Å². The van der Waals surface area contributed by atoms with Gasteiger partial charge < -0.3 is 9.47 Å². The average Bonchev–Trinajstić information content (AvgIpc) is 3.04. The Kier molecular flexibility index (Phi) is 5.99. The lowest BCUT2D eigenvalue weighted by atomic mass is 10.2. The van der Waals surface area contributed by atoms with E-state index in [1.54, 1.807) is 12.2 Å². The number of nitrogens with zero attached hydrogens (tertiary/aromatic N) is 1. The third-order valence-corrected chi connectivity index (χ3v) is 3.83. The van der Waals surface area contributed by atoms with Gasteiger partial charge in [0.1, 0.15) is 5.75 Å². The fourth-order valence-corrected chi connectivity index (χ4v) is 2.39. The maximum absolute atomic E-state index is 12.0. The predicted molar refractivity (Wildman–Crippen MR) is 103 cm³/mol. The van der Waals surface area contributed by atoms with Crippen LogP contribution < -0.4 is 4.74 Å². The zero-order valence-electron chi connectivity index (χ0n) is 14.7. The van der Waals surface area contributed by atoms with Gasteiger partial charge in [-0.05, 0) is 42.3 Å². The van der Waals surface area contributed by atoms with Crippen LogP contribution in [0.1, 0.15) is 30.9 Å². The van der Waals surface area contributed by atoms with Crippen LogP contribution in [0.5, 0.6) is 5.75 Å². The number of hydrogen-bond acceptors (Lipinski definition) is 4. The van der Waals surface area contributed by atoms with Crippen molar-refractivity contribution in [2.75, 3.05) is 6.61 Å². The lowest BCUT2D eigenvalue weighted by Gasteiger charge is -2.05. The lowest BCUT2D eigenvalue weighted by molar-refractivity contribution is -0.130. The van der Waals surface area contributed by atoms with Crippen molar-refractivity contribution in [2.45, 2.75) is 19.8 Å². The fraction of sp³-hybridized carbons (Fsp3) is 0.182. The number of carbonyl (C=O) groups excluding carboxylic acids is 1. The maximum Gasteiger partial charge on any atom is 0.363 e. The molecule has 2 aromatic rings. The van der Waals surface area contributed by atoms with Crippen molar-refractivity contribution in [3.63, 3.8) is 0 Å². The smallest absolute Gasteiger partial charge is 0.363 e. The van der Waals surface area contributed by atoms with E-state index >= 15 is 0 Å². The molecule has 26 heavy (non-hydrogen) atoms. The largest absolute Gasteiger partial charge is 0.494 e. The molecule has 0 aliphatic carbocycles. The maximum atomic E-state index is 12.0. The summed E-state index contributed by atoms with van der Waals surface area (Å²) in [6.45, 7) is 2.83. The molecule has 2 aromatic carbocycles. The Morgan fingerprint density at radius 3 is 2.58 bits per heavy atom. The van der Waals surface area contributed by atoms with Crippen molar-refractivity contribution >= 4 is 17.9 Å². The van der Waals surface area contributed by atoms with Gasteiger partial charge in [-0.1, -0.05) is 55.8 Å². The quantitative estimate of drug-likeness (QED) is 0.412. The van der Waals surface area contributed by atoms with E-state index in [4.69, 9.17) is 9.47 Å². The molecule has 0 saturated carbocycles. The van der Waals surface area contributed by atoms with E-state index in [1.165, 1.54) is 0 Å². The summed E-state index contributed by atoms with van der Waals surface area (Å²) in [5.41, 5.74) is 2.09. The van der Waals surface area contributed by atoms with Crippen LogP contribution in [0.3, 0.4) is 0 Å². The highest BCUT2D eigenvalue weighted by Crippen LogP contribution is 2.19. The topological polar surface area (TPSA) is 47.9 Å². The van der Waals surface area contributed by atoms with Crippen molar-refractivity contribution in [2.24, 2.45) is 4.99 Å². The van der Waals surface area contributed by atoms with Gasteiger partial charge in [0.05, 0.1) is 6.61 Å². The monoisotopic (exact) mass is 347 g/mol. The van der Waals surface area contributed by atoms with Crippen molar-refractivity contribution in [3.05, 3.63) is 83.6 Å². The van der Waals surface area contributed by atoms with Crippen LogP contribution in [0.15, 0.2) is 77.4 Å². The van der Waals surface area contributed by atoms with Crippen LogP contribution in [0, 0.1) is 0 Å². The number of esters is 1. The fourth-order valence-electron chi connectivity index (χ4n) is 2.39. The number of allylic oxidation sites excluding steroid dienone is 2. The summed E-state index contributed by atoms with van der Waals surface area (Å²) >= 11 is 0. The minimum atomic E-state index is -0.444. The molecule has 0 N–H and O–H groups in total. The molecule has 3 rings (SSSR count). The molecule has 4 heteroatoms. The van der Waals surface area contributed by atoms with Crippen LogP contribution in [-0.4, -0.2) is 18.5 Å².